The van der Waals surface area contributed by atoms with Crippen LogP contribution in [0.25, 0.3) is 0 Å². The van der Waals surface area contributed by atoms with Crippen LogP contribution in [0.5, 0.6) is 0 Å². The number of rotatable bonds is 4. The third kappa shape index (κ3) is 2.87. The van der Waals surface area contributed by atoms with E-state index >= 15 is 0 Å². The number of nitrogens with one attached hydrogen (secondary N) is 2. The molecule has 0 fully saturated rings. The van der Waals surface area contributed by atoms with Gasteiger partial charge in [0.25, 0.3) is 0 Å². The summed E-state index contributed by atoms with van der Waals surface area (Å²) < 4.78 is 0. The topological polar surface area (TPSA) is 61.9 Å². The summed E-state index contributed by atoms with van der Waals surface area (Å²) in [5, 5.41) is 10.3. The molecule has 0 aliphatic rings. The fourth-order valence-corrected chi connectivity index (χ4v) is 1.22. The van der Waals surface area contributed by atoms with Crippen LogP contribution < -0.4 is 11.1 Å². The lowest BCUT2D eigenvalue weighted by molar-refractivity contribution is 0.687. The third-order valence-corrected chi connectivity index (χ3v) is 2.01. The molecule has 0 saturated heterocycles. The average molecular weight is 177 g/mol. The van der Waals surface area contributed by atoms with Gasteiger partial charge in [-0.1, -0.05) is 30.3 Å². The summed E-state index contributed by atoms with van der Waals surface area (Å²) in [6.07, 6.45) is 0.771. The van der Waals surface area contributed by atoms with Crippen molar-refractivity contribution in [1.82, 2.24) is 5.32 Å². The number of hydrogen-bond acceptors (Lipinski definition) is 2. The van der Waals surface area contributed by atoms with E-state index in [4.69, 9.17) is 11.1 Å². The highest BCUT2D eigenvalue weighted by Gasteiger charge is 2.08. The van der Waals surface area contributed by atoms with Gasteiger partial charge in [-0.05, 0) is 19.0 Å². The molecule has 1 aromatic rings. The molecule has 0 heterocycles. The molecule has 0 aliphatic carbocycles. The molecule has 3 heteroatoms. The number of amidine groups is 1. The largest absolute Gasteiger partial charge is 0.386 e. The lowest BCUT2D eigenvalue weighted by Crippen LogP contribution is -2.40. The predicted molar refractivity (Wildman–Crippen MR) is 54.9 cm³/mol. The monoisotopic (exact) mass is 177 g/mol. The Hall–Kier alpha value is -1.35. The van der Waals surface area contributed by atoms with E-state index in [0.29, 0.717) is 0 Å². The molecule has 1 atom stereocenters. The highest BCUT2D eigenvalue weighted by molar-refractivity contribution is 5.82. The van der Waals surface area contributed by atoms with Crippen molar-refractivity contribution >= 4 is 5.84 Å². The van der Waals surface area contributed by atoms with Gasteiger partial charge in [0.05, 0.1) is 6.04 Å². The van der Waals surface area contributed by atoms with Crippen molar-refractivity contribution in [3.8, 4) is 0 Å². The smallest absolute Gasteiger partial charge is 0.108 e. The first-order valence-corrected chi connectivity index (χ1v) is 4.29. The number of hydrogen-bond donors (Lipinski definition) is 3. The maximum atomic E-state index is 7.32. The Kier molecular flexibility index (Phi) is 3.46. The fourth-order valence-electron chi connectivity index (χ4n) is 1.22. The Balaban J connectivity index is 2.62. The quantitative estimate of drug-likeness (QED) is 0.469. The zero-order valence-corrected chi connectivity index (χ0v) is 7.75. The van der Waals surface area contributed by atoms with E-state index in [1.165, 1.54) is 5.56 Å². The van der Waals surface area contributed by atoms with Gasteiger partial charge in [0.15, 0.2) is 0 Å². The van der Waals surface area contributed by atoms with E-state index in [1.807, 2.05) is 37.4 Å². The minimum atomic E-state index is -0.0533. The van der Waals surface area contributed by atoms with Gasteiger partial charge in [-0.15, -0.1) is 0 Å². The van der Waals surface area contributed by atoms with Gasteiger partial charge in [-0.2, -0.15) is 0 Å². The Morgan fingerprint density at radius 2 is 2.08 bits per heavy atom. The summed E-state index contributed by atoms with van der Waals surface area (Å²) in [4.78, 5) is 0. The molecular formula is C10H15N3. The van der Waals surface area contributed by atoms with Crippen LogP contribution in [0, 0.1) is 5.41 Å². The van der Waals surface area contributed by atoms with E-state index in [1.54, 1.807) is 0 Å². The summed E-state index contributed by atoms with van der Waals surface area (Å²) in [7, 11) is 1.81. The Labute approximate surface area is 78.5 Å². The van der Waals surface area contributed by atoms with Gasteiger partial charge in [0.2, 0.25) is 0 Å². The Bertz CT molecular complexity index is 269. The predicted octanol–water partition coefficient (Wildman–Crippen LogP) is 0.753. The van der Waals surface area contributed by atoms with Crippen molar-refractivity contribution in [3.63, 3.8) is 0 Å². The molecule has 0 spiro atoms. The fraction of sp³-hybridized carbons (Fsp3) is 0.300. The van der Waals surface area contributed by atoms with Crippen LogP contribution >= 0.6 is 0 Å². The maximum Gasteiger partial charge on any atom is 0.108 e. The van der Waals surface area contributed by atoms with Crippen LogP contribution in [0.2, 0.25) is 0 Å². The molecule has 13 heavy (non-hydrogen) atoms. The van der Waals surface area contributed by atoms with Crippen molar-refractivity contribution in [2.24, 2.45) is 5.73 Å². The van der Waals surface area contributed by atoms with Crippen molar-refractivity contribution < 1.29 is 0 Å². The number of nitrogens with two attached hydrogens (primary N) is 1. The molecule has 0 radical (unpaired) electrons. The average Bonchev–Trinajstić information content (AvgIpc) is 2.15. The maximum absolute atomic E-state index is 7.32. The Morgan fingerprint density at radius 1 is 1.46 bits per heavy atom. The standard InChI is InChI=1S/C10H15N3/c1-13-9(10(11)12)7-8-5-3-2-4-6-8/h2-6,9,13H,7H2,1H3,(H3,11,12). The second-order valence-electron chi connectivity index (χ2n) is 2.99. The second kappa shape index (κ2) is 4.62. The zero-order valence-electron chi connectivity index (χ0n) is 7.75. The van der Waals surface area contributed by atoms with Crippen molar-refractivity contribution in [1.29, 1.82) is 5.41 Å². The first-order chi connectivity index (χ1) is 6.24. The highest BCUT2D eigenvalue weighted by Crippen LogP contribution is 2.02. The van der Waals surface area contributed by atoms with Crippen LogP contribution in [0.15, 0.2) is 30.3 Å². The van der Waals surface area contributed by atoms with Gasteiger partial charge >= 0.3 is 0 Å². The molecule has 0 saturated carbocycles. The van der Waals surface area contributed by atoms with Gasteiger partial charge in [0.1, 0.15) is 5.84 Å². The molecule has 70 valence electrons. The molecule has 4 N–H and O–H groups in total. The van der Waals surface area contributed by atoms with Crippen LogP contribution in [0.3, 0.4) is 0 Å². The van der Waals surface area contributed by atoms with Crippen LogP contribution in [0.1, 0.15) is 5.56 Å². The molecule has 0 bridgehead atoms. The second-order valence-corrected chi connectivity index (χ2v) is 2.99. The molecule has 0 aromatic heterocycles. The summed E-state index contributed by atoms with van der Waals surface area (Å²) in [6, 6.07) is 9.97. The van der Waals surface area contributed by atoms with Crippen molar-refractivity contribution in [2.75, 3.05) is 7.05 Å². The SMILES string of the molecule is CNC(Cc1ccccc1)C(=N)N. The van der Waals surface area contributed by atoms with Gasteiger partial charge < -0.3 is 11.1 Å². The lowest BCUT2D eigenvalue weighted by Gasteiger charge is -2.13. The summed E-state index contributed by atoms with van der Waals surface area (Å²) in [6.45, 7) is 0. The van der Waals surface area contributed by atoms with E-state index in [-0.39, 0.29) is 11.9 Å². The van der Waals surface area contributed by atoms with E-state index in [0.717, 1.165) is 6.42 Å². The van der Waals surface area contributed by atoms with E-state index in [2.05, 4.69) is 5.32 Å². The van der Waals surface area contributed by atoms with Gasteiger partial charge in [0, 0.05) is 0 Å². The zero-order chi connectivity index (χ0) is 9.68. The Morgan fingerprint density at radius 3 is 2.54 bits per heavy atom. The molecule has 1 aromatic carbocycles. The number of likely N-dealkylation sites (N-methyl/N-ethyl adjacent to an activating group) is 1. The van der Waals surface area contributed by atoms with Crippen LogP contribution in [0.4, 0.5) is 0 Å². The normalized spacial score (nSPS) is 12.4. The van der Waals surface area contributed by atoms with Gasteiger partial charge in [-0.3, -0.25) is 5.41 Å². The van der Waals surface area contributed by atoms with E-state index < -0.39 is 0 Å². The molecule has 0 aliphatic heterocycles. The molecular weight excluding hydrogens is 162 g/mol. The first-order valence-electron chi connectivity index (χ1n) is 4.29. The minimum Gasteiger partial charge on any atom is -0.386 e. The molecule has 1 rings (SSSR count). The lowest BCUT2D eigenvalue weighted by atomic mass is 10.1. The number of benzene rings is 1. The molecule has 0 amide bonds. The summed E-state index contributed by atoms with van der Waals surface area (Å²) in [5.41, 5.74) is 6.61. The minimum absolute atomic E-state index is 0.0533. The summed E-state index contributed by atoms with van der Waals surface area (Å²) >= 11 is 0. The van der Waals surface area contributed by atoms with Gasteiger partial charge in [-0.25, -0.2) is 0 Å². The van der Waals surface area contributed by atoms with Crippen molar-refractivity contribution in [2.45, 2.75) is 12.5 Å². The van der Waals surface area contributed by atoms with Crippen LogP contribution in [-0.2, 0) is 6.42 Å². The van der Waals surface area contributed by atoms with E-state index in [9.17, 15) is 0 Å². The van der Waals surface area contributed by atoms with Crippen LogP contribution in [-0.4, -0.2) is 18.9 Å². The highest BCUT2D eigenvalue weighted by atomic mass is 14.9. The first kappa shape index (κ1) is 9.74. The van der Waals surface area contributed by atoms with Crippen molar-refractivity contribution in [3.05, 3.63) is 35.9 Å². The third-order valence-electron chi connectivity index (χ3n) is 2.01. The molecule has 1 unspecified atom stereocenters. The summed E-state index contributed by atoms with van der Waals surface area (Å²) in [5.74, 6) is 0.186. The molecule has 3 nitrogen and oxygen atoms in total.